The van der Waals surface area contributed by atoms with Gasteiger partial charge in [-0.1, -0.05) is 23.8 Å². The number of nitrogens with one attached hydrogen (secondary N) is 1. The van der Waals surface area contributed by atoms with Crippen LogP contribution < -0.4 is 11.1 Å². The number of thiazole rings is 1. The van der Waals surface area contributed by atoms with Gasteiger partial charge in [-0.15, -0.1) is 11.3 Å². The van der Waals surface area contributed by atoms with E-state index in [0.29, 0.717) is 10.0 Å². The van der Waals surface area contributed by atoms with Crippen molar-refractivity contribution >= 4 is 45.8 Å². The van der Waals surface area contributed by atoms with E-state index in [-0.39, 0.29) is 6.04 Å². The summed E-state index contributed by atoms with van der Waals surface area (Å²) >= 11 is 12.6. The molecular formula is C12H12ClN3S2. The Morgan fingerprint density at radius 3 is 2.94 bits per heavy atom. The Morgan fingerprint density at radius 1 is 1.56 bits per heavy atom. The monoisotopic (exact) mass is 297 g/mol. The predicted molar refractivity (Wildman–Crippen MR) is 81.5 cm³/mol. The second kappa shape index (κ2) is 5.65. The summed E-state index contributed by atoms with van der Waals surface area (Å²) in [6, 6.07) is 5.49. The van der Waals surface area contributed by atoms with E-state index in [1.807, 2.05) is 24.4 Å². The van der Waals surface area contributed by atoms with Crippen LogP contribution in [0.15, 0.2) is 29.8 Å². The fourth-order valence-corrected chi connectivity index (χ4v) is 2.59. The SMILES string of the molecule is CC(Nc1cc(Cl)ccc1C(N)=S)c1nccs1. The van der Waals surface area contributed by atoms with Gasteiger partial charge in [0.25, 0.3) is 0 Å². The summed E-state index contributed by atoms with van der Waals surface area (Å²) in [6.07, 6.45) is 1.78. The molecule has 0 radical (unpaired) electrons. The van der Waals surface area contributed by atoms with Crippen molar-refractivity contribution in [3.05, 3.63) is 45.4 Å². The van der Waals surface area contributed by atoms with Crippen LogP contribution in [-0.4, -0.2) is 9.97 Å². The number of hydrogen-bond acceptors (Lipinski definition) is 4. The van der Waals surface area contributed by atoms with Gasteiger partial charge in [0.15, 0.2) is 0 Å². The molecule has 18 heavy (non-hydrogen) atoms. The van der Waals surface area contributed by atoms with E-state index >= 15 is 0 Å². The van der Waals surface area contributed by atoms with Gasteiger partial charge in [-0.05, 0) is 25.1 Å². The molecule has 0 spiro atoms. The average molecular weight is 298 g/mol. The first kappa shape index (κ1) is 13.3. The zero-order valence-corrected chi connectivity index (χ0v) is 12.1. The quantitative estimate of drug-likeness (QED) is 0.847. The second-order valence-corrected chi connectivity index (χ2v) is 5.59. The molecule has 1 aromatic carbocycles. The molecular weight excluding hydrogens is 286 g/mol. The lowest BCUT2D eigenvalue weighted by Gasteiger charge is -2.16. The molecule has 0 aliphatic rings. The van der Waals surface area contributed by atoms with Crippen molar-refractivity contribution in [1.82, 2.24) is 4.98 Å². The van der Waals surface area contributed by atoms with Gasteiger partial charge < -0.3 is 11.1 Å². The van der Waals surface area contributed by atoms with Crippen molar-refractivity contribution in [2.24, 2.45) is 5.73 Å². The van der Waals surface area contributed by atoms with Crippen LogP contribution in [0.2, 0.25) is 5.02 Å². The van der Waals surface area contributed by atoms with E-state index in [1.165, 1.54) is 0 Å². The number of hydrogen-bond donors (Lipinski definition) is 2. The molecule has 1 atom stereocenters. The highest BCUT2D eigenvalue weighted by Gasteiger charge is 2.12. The number of nitrogens with two attached hydrogens (primary N) is 1. The first-order chi connectivity index (χ1) is 8.58. The van der Waals surface area contributed by atoms with Crippen LogP contribution in [0.5, 0.6) is 0 Å². The molecule has 0 aliphatic carbocycles. The molecule has 0 amide bonds. The van der Waals surface area contributed by atoms with Gasteiger partial charge in [0.05, 0.1) is 6.04 Å². The number of thiocarbonyl (C=S) groups is 1. The second-order valence-electron chi connectivity index (χ2n) is 3.79. The van der Waals surface area contributed by atoms with Gasteiger partial charge in [0, 0.05) is 27.9 Å². The van der Waals surface area contributed by atoms with Gasteiger partial charge in [0.2, 0.25) is 0 Å². The molecule has 1 heterocycles. The standard InChI is InChI=1S/C12H12ClN3S2/c1-7(12-15-4-5-18-12)16-10-6-8(13)2-3-9(10)11(14)17/h2-7,16H,1H3,(H2,14,17). The van der Waals surface area contributed by atoms with E-state index in [4.69, 9.17) is 29.6 Å². The summed E-state index contributed by atoms with van der Waals surface area (Å²) in [7, 11) is 0. The maximum absolute atomic E-state index is 5.99. The van der Waals surface area contributed by atoms with Crippen molar-refractivity contribution in [3.63, 3.8) is 0 Å². The van der Waals surface area contributed by atoms with Gasteiger partial charge in [-0.3, -0.25) is 0 Å². The van der Waals surface area contributed by atoms with Crippen LogP contribution >= 0.6 is 35.2 Å². The van der Waals surface area contributed by atoms with Gasteiger partial charge in [-0.2, -0.15) is 0 Å². The molecule has 6 heteroatoms. The Labute approximate surface area is 120 Å². The summed E-state index contributed by atoms with van der Waals surface area (Å²) in [5.41, 5.74) is 7.32. The molecule has 0 fully saturated rings. The minimum atomic E-state index is 0.0802. The predicted octanol–water partition coefficient (Wildman–Crippen LogP) is 3.60. The fraction of sp³-hybridized carbons (Fsp3) is 0.167. The molecule has 0 saturated carbocycles. The smallest absolute Gasteiger partial charge is 0.115 e. The third-order valence-corrected chi connectivity index (χ3v) is 3.85. The summed E-state index contributed by atoms with van der Waals surface area (Å²) < 4.78 is 0. The number of anilines is 1. The Balaban J connectivity index is 2.28. The van der Waals surface area contributed by atoms with Crippen LogP contribution in [0.3, 0.4) is 0 Å². The van der Waals surface area contributed by atoms with Crippen molar-refractivity contribution in [1.29, 1.82) is 0 Å². The number of aromatic nitrogens is 1. The topological polar surface area (TPSA) is 50.9 Å². The van der Waals surface area contributed by atoms with Crippen LogP contribution in [-0.2, 0) is 0 Å². The van der Waals surface area contributed by atoms with Crippen molar-refractivity contribution in [2.75, 3.05) is 5.32 Å². The molecule has 94 valence electrons. The van der Waals surface area contributed by atoms with Crippen LogP contribution in [0, 0.1) is 0 Å². The van der Waals surface area contributed by atoms with E-state index < -0.39 is 0 Å². The number of benzene rings is 1. The molecule has 2 rings (SSSR count). The molecule has 3 nitrogen and oxygen atoms in total. The lowest BCUT2D eigenvalue weighted by molar-refractivity contribution is 0.869. The first-order valence-corrected chi connectivity index (χ1v) is 7.00. The summed E-state index contributed by atoms with van der Waals surface area (Å²) in [5.74, 6) is 0. The van der Waals surface area contributed by atoms with Gasteiger partial charge in [-0.25, -0.2) is 4.98 Å². The molecule has 1 aromatic heterocycles. The summed E-state index contributed by atoms with van der Waals surface area (Å²) in [4.78, 5) is 4.62. The maximum atomic E-state index is 5.99. The lowest BCUT2D eigenvalue weighted by atomic mass is 10.1. The van der Waals surface area contributed by atoms with Crippen molar-refractivity contribution < 1.29 is 0 Å². The molecule has 3 N–H and O–H groups in total. The molecule has 0 saturated heterocycles. The van der Waals surface area contributed by atoms with E-state index in [1.54, 1.807) is 23.6 Å². The number of halogens is 1. The Morgan fingerprint density at radius 2 is 2.33 bits per heavy atom. The number of nitrogens with zero attached hydrogens (tertiary/aromatic N) is 1. The fourth-order valence-electron chi connectivity index (χ4n) is 1.59. The molecule has 2 aromatic rings. The Kier molecular flexibility index (Phi) is 4.16. The van der Waals surface area contributed by atoms with E-state index in [0.717, 1.165) is 16.3 Å². The third-order valence-electron chi connectivity index (χ3n) is 2.44. The first-order valence-electron chi connectivity index (χ1n) is 5.33. The minimum Gasteiger partial charge on any atom is -0.389 e. The normalized spacial score (nSPS) is 12.1. The van der Waals surface area contributed by atoms with Crippen LogP contribution in [0.25, 0.3) is 0 Å². The minimum absolute atomic E-state index is 0.0802. The van der Waals surface area contributed by atoms with E-state index in [2.05, 4.69) is 10.3 Å². The largest absolute Gasteiger partial charge is 0.389 e. The Hall–Kier alpha value is -1.17. The zero-order chi connectivity index (χ0) is 13.1. The molecule has 0 bridgehead atoms. The zero-order valence-electron chi connectivity index (χ0n) is 9.68. The van der Waals surface area contributed by atoms with Crippen molar-refractivity contribution in [2.45, 2.75) is 13.0 Å². The highest BCUT2D eigenvalue weighted by Crippen LogP contribution is 2.26. The van der Waals surface area contributed by atoms with Gasteiger partial charge in [0.1, 0.15) is 10.00 Å². The highest BCUT2D eigenvalue weighted by molar-refractivity contribution is 7.80. The molecule has 1 unspecified atom stereocenters. The highest BCUT2D eigenvalue weighted by atomic mass is 35.5. The van der Waals surface area contributed by atoms with Crippen LogP contribution in [0.4, 0.5) is 5.69 Å². The van der Waals surface area contributed by atoms with E-state index in [9.17, 15) is 0 Å². The van der Waals surface area contributed by atoms with Gasteiger partial charge >= 0.3 is 0 Å². The maximum Gasteiger partial charge on any atom is 0.115 e. The van der Waals surface area contributed by atoms with Crippen LogP contribution in [0.1, 0.15) is 23.5 Å². The average Bonchev–Trinajstić information content (AvgIpc) is 2.81. The third kappa shape index (κ3) is 2.98. The summed E-state index contributed by atoms with van der Waals surface area (Å²) in [5, 5.41) is 6.92. The lowest BCUT2D eigenvalue weighted by Crippen LogP contribution is -2.15. The number of rotatable bonds is 4. The summed E-state index contributed by atoms with van der Waals surface area (Å²) in [6.45, 7) is 2.03. The Bertz CT molecular complexity index is 554. The van der Waals surface area contributed by atoms with Crippen molar-refractivity contribution in [3.8, 4) is 0 Å². The molecule has 0 aliphatic heterocycles.